The molecule has 1 heterocycles. The monoisotopic (exact) mass is 329 g/mol. The molecule has 1 fully saturated rings. The number of thioether (sulfide) groups is 1. The van der Waals surface area contributed by atoms with E-state index in [2.05, 4.69) is 15.5 Å². The first-order valence-electron chi connectivity index (χ1n) is 7.05. The van der Waals surface area contributed by atoms with E-state index in [0.29, 0.717) is 12.6 Å². The summed E-state index contributed by atoms with van der Waals surface area (Å²) in [4.78, 5) is 15.5. The summed E-state index contributed by atoms with van der Waals surface area (Å²) in [5.74, 6) is 0.0682. The number of nitrogens with zero attached hydrogens (tertiary/aromatic N) is 1. The number of likely N-dealkylation sites (N-methyl/N-ethyl adjacent to an activating group) is 1. The molecule has 0 aliphatic carbocycles. The number of carbonyl (C=O) groups excluding carboxylic acids is 1. The van der Waals surface area contributed by atoms with Crippen LogP contribution in [0.1, 0.15) is 12.8 Å². The van der Waals surface area contributed by atoms with E-state index in [9.17, 15) is 4.79 Å². The number of halogens is 1. The number of hydrogen-bond acceptors (Lipinski definition) is 4. The first-order chi connectivity index (χ1) is 9.71. The highest BCUT2D eigenvalue weighted by Crippen LogP contribution is 2.17. The minimum Gasteiger partial charge on any atom is -0.325 e. The number of likely N-dealkylation sites (tertiary alicyclic amines) is 1. The largest absolute Gasteiger partial charge is 0.325 e. The van der Waals surface area contributed by atoms with Crippen LogP contribution in [0.5, 0.6) is 0 Å². The molecule has 21 heavy (non-hydrogen) atoms. The van der Waals surface area contributed by atoms with E-state index < -0.39 is 0 Å². The second kappa shape index (κ2) is 9.30. The third-order valence-corrected chi connectivity index (χ3v) is 4.40. The fourth-order valence-corrected chi connectivity index (χ4v) is 2.92. The molecule has 118 valence electrons. The molecule has 0 aromatic heterocycles. The minimum atomic E-state index is 0. The highest BCUT2D eigenvalue weighted by Gasteiger charge is 2.20. The number of rotatable bonds is 5. The van der Waals surface area contributed by atoms with Crippen LogP contribution in [0.3, 0.4) is 0 Å². The highest BCUT2D eigenvalue weighted by molar-refractivity contribution is 7.98. The maximum absolute atomic E-state index is 12.1. The number of carbonyl (C=O) groups is 1. The molecule has 0 radical (unpaired) electrons. The van der Waals surface area contributed by atoms with Gasteiger partial charge in [0.2, 0.25) is 5.91 Å². The van der Waals surface area contributed by atoms with Crippen LogP contribution in [0.2, 0.25) is 0 Å². The van der Waals surface area contributed by atoms with E-state index in [0.717, 1.165) is 25.2 Å². The Labute approximate surface area is 137 Å². The van der Waals surface area contributed by atoms with Gasteiger partial charge in [-0.25, -0.2) is 0 Å². The predicted molar refractivity (Wildman–Crippen MR) is 92.6 cm³/mol. The molecule has 1 aliphatic heterocycles. The molecule has 2 N–H and O–H groups in total. The number of amides is 1. The molecule has 1 atom stereocenters. The Morgan fingerprint density at radius 3 is 2.71 bits per heavy atom. The van der Waals surface area contributed by atoms with Crippen LogP contribution in [-0.2, 0) is 4.79 Å². The Balaban J connectivity index is 0.00000220. The van der Waals surface area contributed by atoms with Gasteiger partial charge in [-0.15, -0.1) is 24.2 Å². The van der Waals surface area contributed by atoms with Gasteiger partial charge < -0.3 is 10.6 Å². The standard InChI is InChI=1S/C15H23N3OS.ClH/c1-16-13-4-3-9-18(10-13)11-15(19)17-12-5-7-14(20-2)8-6-12;/h5-8,13,16H,3-4,9-11H2,1-2H3,(H,17,19);1H. The number of nitrogens with one attached hydrogen (secondary N) is 2. The maximum atomic E-state index is 12.1. The molecule has 4 nitrogen and oxygen atoms in total. The lowest BCUT2D eigenvalue weighted by Gasteiger charge is -2.31. The average molecular weight is 330 g/mol. The lowest BCUT2D eigenvalue weighted by atomic mass is 10.1. The van der Waals surface area contributed by atoms with Crippen molar-refractivity contribution in [2.24, 2.45) is 0 Å². The van der Waals surface area contributed by atoms with Gasteiger partial charge in [0.15, 0.2) is 0 Å². The van der Waals surface area contributed by atoms with E-state index in [-0.39, 0.29) is 18.3 Å². The normalized spacial score (nSPS) is 18.9. The van der Waals surface area contributed by atoms with Gasteiger partial charge in [-0.3, -0.25) is 9.69 Å². The van der Waals surface area contributed by atoms with Crippen LogP contribution < -0.4 is 10.6 Å². The van der Waals surface area contributed by atoms with Crippen molar-refractivity contribution in [1.29, 1.82) is 0 Å². The highest BCUT2D eigenvalue weighted by atomic mass is 35.5. The average Bonchev–Trinajstić information content (AvgIpc) is 2.48. The third kappa shape index (κ3) is 5.87. The van der Waals surface area contributed by atoms with Crippen LogP contribution in [0.25, 0.3) is 0 Å². The predicted octanol–water partition coefficient (Wildman–Crippen LogP) is 2.45. The van der Waals surface area contributed by atoms with Gasteiger partial charge in [0.25, 0.3) is 0 Å². The van der Waals surface area contributed by atoms with E-state index >= 15 is 0 Å². The van der Waals surface area contributed by atoms with Crippen molar-refractivity contribution in [3.8, 4) is 0 Å². The Kier molecular flexibility index (Phi) is 8.11. The Morgan fingerprint density at radius 1 is 1.38 bits per heavy atom. The molecule has 1 saturated heterocycles. The summed E-state index contributed by atoms with van der Waals surface area (Å²) in [6.07, 6.45) is 4.40. The minimum absolute atomic E-state index is 0. The first-order valence-corrected chi connectivity index (χ1v) is 8.27. The number of anilines is 1. The summed E-state index contributed by atoms with van der Waals surface area (Å²) in [5, 5.41) is 6.26. The van der Waals surface area contributed by atoms with Gasteiger partial charge in [-0.05, 0) is 57.0 Å². The summed E-state index contributed by atoms with van der Waals surface area (Å²) in [7, 11) is 1.99. The summed E-state index contributed by atoms with van der Waals surface area (Å²) in [5.41, 5.74) is 0.870. The Bertz CT molecular complexity index is 441. The zero-order chi connectivity index (χ0) is 14.4. The second-order valence-corrected chi connectivity index (χ2v) is 6.02. The van der Waals surface area contributed by atoms with E-state index in [1.165, 1.54) is 11.3 Å². The van der Waals surface area contributed by atoms with Crippen LogP contribution in [0.15, 0.2) is 29.2 Å². The van der Waals surface area contributed by atoms with Crippen LogP contribution in [0.4, 0.5) is 5.69 Å². The SMILES string of the molecule is CNC1CCCN(CC(=O)Nc2ccc(SC)cc2)C1.Cl. The molecule has 1 aliphatic rings. The van der Waals surface area contributed by atoms with Crippen molar-refractivity contribution in [2.45, 2.75) is 23.8 Å². The molecule has 1 unspecified atom stereocenters. The second-order valence-electron chi connectivity index (χ2n) is 5.14. The topological polar surface area (TPSA) is 44.4 Å². The van der Waals surface area contributed by atoms with Crippen LogP contribution in [0, 0.1) is 0 Å². The summed E-state index contributed by atoms with van der Waals surface area (Å²) in [6.45, 7) is 2.44. The quantitative estimate of drug-likeness (QED) is 0.814. The molecule has 0 bridgehead atoms. The van der Waals surface area contributed by atoms with Crippen molar-refractivity contribution < 1.29 is 4.79 Å². The van der Waals surface area contributed by atoms with Gasteiger partial charge in [0, 0.05) is 23.2 Å². The number of piperidine rings is 1. The van der Waals surface area contributed by atoms with Gasteiger partial charge in [-0.2, -0.15) is 0 Å². The lowest BCUT2D eigenvalue weighted by molar-refractivity contribution is -0.117. The van der Waals surface area contributed by atoms with Crippen molar-refractivity contribution in [2.75, 3.05) is 38.3 Å². The summed E-state index contributed by atoms with van der Waals surface area (Å²) >= 11 is 1.70. The van der Waals surface area contributed by atoms with Crippen molar-refractivity contribution >= 4 is 35.8 Å². The molecular weight excluding hydrogens is 306 g/mol. The summed E-state index contributed by atoms with van der Waals surface area (Å²) in [6, 6.07) is 8.47. The van der Waals surface area contributed by atoms with Gasteiger partial charge in [0.1, 0.15) is 0 Å². The Morgan fingerprint density at radius 2 is 2.10 bits per heavy atom. The molecular formula is C15H24ClN3OS. The first kappa shape index (κ1) is 18.3. The Hall–Kier alpha value is -0.750. The molecule has 0 saturated carbocycles. The van der Waals surface area contributed by atoms with Crippen molar-refractivity contribution in [3.63, 3.8) is 0 Å². The summed E-state index contributed by atoms with van der Waals surface area (Å²) < 4.78 is 0. The lowest BCUT2D eigenvalue weighted by Crippen LogP contribution is -2.46. The van der Waals surface area contributed by atoms with Gasteiger partial charge in [0.05, 0.1) is 6.54 Å². The molecule has 0 spiro atoms. The van der Waals surface area contributed by atoms with E-state index in [4.69, 9.17) is 0 Å². The zero-order valence-electron chi connectivity index (χ0n) is 12.6. The molecule has 2 rings (SSSR count). The maximum Gasteiger partial charge on any atom is 0.238 e. The van der Waals surface area contributed by atoms with E-state index in [1.807, 2.05) is 37.6 Å². The number of benzene rings is 1. The fourth-order valence-electron chi connectivity index (χ4n) is 2.51. The van der Waals surface area contributed by atoms with Gasteiger partial charge in [-0.1, -0.05) is 0 Å². The zero-order valence-corrected chi connectivity index (χ0v) is 14.2. The van der Waals surface area contributed by atoms with Crippen LogP contribution >= 0.6 is 24.2 Å². The van der Waals surface area contributed by atoms with Crippen LogP contribution in [-0.4, -0.2) is 49.8 Å². The molecule has 1 aromatic carbocycles. The molecule has 6 heteroatoms. The van der Waals surface area contributed by atoms with E-state index in [1.54, 1.807) is 11.8 Å². The van der Waals surface area contributed by atoms with Crippen molar-refractivity contribution in [3.05, 3.63) is 24.3 Å². The third-order valence-electron chi connectivity index (χ3n) is 3.65. The molecule has 1 amide bonds. The smallest absolute Gasteiger partial charge is 0.238 e. The van der Waals surface area contributed by atoms with Gasteiger partial charge >= 0.3 is 0 Å². The number of hydrogen-bond donors (Lipinski definition) is 2. The molecule has 1 aromatic rings. The van der Waals surface area contributed by atoms with Crippen molar-refractivity contribution in [1.82, 2.24) is 10.2 Å². The fraction of sp³-hybridized carbons (Fsp3) is 0.533.